The molecule has 0 aliphatic carbocycles. The fourth-order valence-electron chi connectivity index (χ4n) is 2.37. The summed E-state index contributed by atoms with van der Waals surface area (Å²) in [5.74, 6) is -0.223. The summed E-state index contributed by atoms with van der Waals surface area (Å²) in [6.45, 7) is -0.207. The van der Waals surface area contributed by atoms with Crippen molar-refractivity contribution in [2.24, 2.45) is 4.99 Å². The molecule has 0 bridgehead atoms. The number of methoxy groups -OCH3 is 1. The zero-order chi connectivity index (χ0) is 20.5. The zero-order valence-electron chi connectivity index (χ0n) is 15.5. The molecule has 0 spiro atoms. The molecule has 2 rings (SSSR count). The van der Waals surface area contributed by atoms with Gasteiger partial charge in [0.15, 0.2) is 17.5 Å². The maximum atomic E-state index is 13.4. The van der Waals surface area contributed by atoms with Gasteiger partial charge in [-0.15, -0.1) is 0 Å². The number of aromatic hydroxyl groups is 1. The summed E-state index contributed by atoms with van der Waals surface area (Å²) >= 11 is 0. The summed E-state index contributed by atoms with van der Waals surface area (Å²) in [5.41, 5.74) is 1.02. The van der Waals surface area contributed by atoms with E-state index in [1.54, 1.807) is 12.1 Å². The van der Waals surface area contributed by atoms with E-state index in [1.165, 1.54) is 31.4 Å². The summed E-state index contributed by atoms with van der Waals surface area (Å²) < 4.78 is 48.3. The molecular weight excluding hydrogens is 375 g/mol. The van der Waals surface area contributed by atoms with Crippen molar-refractivity contribution in [1.82, 2.24) is 10.6 Å². The van der Waals surface area contributed by atoms with Gasteiger partial charge in [0, 0.05) is 18.7 Å². The fourth-order valence-corrected chi connectivity index (χ4v) is 2.37. The number of hydrogen-bond donors (Lipinski definition) is 3. The number of ether oxygens (including phenoxy) is 2. The van der Waals surface area contributed by atoms with Gasteiger partial charge in [0.25, 0.3) is 0 Å². The van der Waals surface area contributed by atoms with E-state index >= 15 is 0 Å². The van der Waals surface area contributed by atoms with Crippen LogP contribution in [0.4, 0.5) is 13.2 Å². The van der Waals surface area contributed by atoms with Gasteiger partial charge in [-0.05, 0) is 42.8 Å². The second kappa shape index (κ2) is 10.3. The van der Waals surface area contributed by atoms with Crippen molar-refractivity contribution < 1.29 is 27.8 Å². The number of guanidine groups is 1. The van der Waals surface area contributed by atoms with Crippen molar-refractivity contribution in [3.63, 3.8) is 0 Å². The summed E-state index contributed by atoms with van der Waals surface area (Å²) in [5, 5.41) is 15.3. The van der Waals surface area contributed by atoms with E-state index in [1.807, 2.05) is 6.92 Å². The van der Waals surface area contributed by atoms with Crippen LogP contribution < -0.4 is 20.1 Å². The topological polar surface area (TPSA) is 75.1 Å². The summed E-state index contributed by atoms with van der Waals surface area (Å²) in [4.78, 5) is 4.33. The van der Waals surface area contributed by atoms with Gasteiger partial charge in [0.1, 0.15) is 11.5 Å². The minimum atomic E-state index is -2.95. The number of hydrogen-bond acceptors (Lipinski definition) is 4. The molecule has 0 fully saturated rings. The van der Waals surface area contributed by atoms with Gasteiger partial charge in [0.05, 0.1) is 13.7 Å². The van der Waals surface area contributed by atoms with Crippen LogP contribution in [0.15, 0.2) is 41.4 Å². The number of alkyl halides is 2. The third-order valence-electron chi connectivity index (χ3n) is 3.71. The lowest BCUT2D eigenvalue weighted by Crippen LogP contribution is -2.36. The molecule has 0 aliphatic rings. The number of nitrogens with one attached hydrogen (secondary N) is 2. The third-order valence-corrected chi connectivity index (χ3v) is 3.71. The molecule has 6 nitrogen and oxygen atoms in total. The number of benzene rings is 2. The molecule has 2 aromatic carbocycles. The summed E-state index contributed by atoms with van der Waals surface area (Å²) in [6, 6.07) is 8.53. The molecule has 2 aromatic rings. The Labute approximate surface area is 161 Å². The van der Waals surface area contributed by atoms with E-state index in [4.69, 9.17) is 4.74 Å². The molecule has 3 N–H and O–H groups in total. The number of phenols is 1. The van der Waals surface area contributed by atoms with Gasteiger partial charge in [-0.3, -0.25) is 0 Å². The Morgan fingerprint density at radius 2 is 1.96 bits per heavy atom. The van der Waals surface area contributed by atoms with Gasteiger partial charge in [0.2, 0.25) is 0 Å². The van der Waals surface area contributed by atoms with Crippen LogP contribution in [0.25, 0.3) is 0 Å². The summed E-state index contributed by atoms with van der Waals surface area (Å²) in [7, 11) is 1.47. The van der Waals surface area contributed by atoms with Crippen LogP contribution in [0.5, 0.6) is 17.2 Å². The SMILES string of the molecule is CCNC(=NCc1ccc(O)c(F)c1)NCc1cc(OC)ccc1OC(F)F. The van der Waals surface area contributed by atoms with E-state index in [-0.39, 0.29) is 18.8 Å². The van der Waals surface area contributed by atoms with Gasteiger partial charge in [-0.2, -0.15) is 8.78 Å². The van der Waals surface area contributed by atoms with Gasteiger partial charge in [-0.1, -0.05) is 6.07 Å². The fraction of sp³-hybridized carbons (Fsp3) is 0.316. The Kier molecular flexibility index (Phi) is 7.79. The Morgan fingerprint density at radius 1 is 1.18 bits per heavy atom. The molecule has 0 amide bonds. The van der Waals surface area contributed by atoms with Crippen LogP contribution in [0.2, 0.25) is 0 Å². The molecule has 0 heterocycles. The highest BCUT2D eigenvalue weighted by Gasteiger charge is 2.12. The van der Waals surface area contributed by atoms with Gasteiger partial charge < -0.3 is 25.2 Å². The first-order valence-corrected chi connectivity index (χ1v) is 8.54. The highest BCUT2D eigenvalue weighted by Crippen LogP contribution is 2.25. The van der Waals surface area contributed by atoms with Crippen LogP contribution >= 0.6 is 0 Å². The number of rotatable bonds is 8. The average Bonchev–Trinajstić information content (AvgIpc) is 2.67. The smallest absolute Gasteiger partial charge is 0.387 e. The number of nitrogens with zero attached hydrogens (tertiary/aromatic N) is 1. The standard InChI is InChI=1S/C19H22F3N3O3/c1-3-23-19(24-10-12-4-6-16(26)15(20)8-12)25-11-13-9-14(27-2)5-7-17(13)28-18(21)22/h4-9,18,26H,3,10-11H2,1-2H3,(H2,23,24,25). The normalized spacial score (nSPS) is 11.4. The van der Waals surface area contributed by atoms with Gasteiger partial charge >= 0.3 is 6.61 Å². The molecule has 152 valence electrons. The van der Waals surface area contributed by atoms with E-state index in [0.717, 1.165) is 0 Å². The predicted molar refractivity (Wildman–Crippen MR) is 99.3 cm³/mol. The monoisotopic (exact) mass is 397 g/mol. The highest BCUT2D eigenvalue weighted by atomic mass is 19.3. The van der Waals surface area contributed by atoms with Crippen molar-refractivity contribution in [3.8, 4) is 17.2 Å². The van der Waals surface area contributed by atoms with E-state index in [2.05, 4.69) is 20.4 Å². The van der Waals surface area contributed by atoms with E-state index < -0.39 is 18.2 Å². The first-order valence-electron chi connectivity index (χ1n) is 8.54. The van der Waals surface area contributed by atoms with Gasteiger partial charge in [-0.25, -0.2) is 9.38 Å². The van der Waals surface area contributed by atoms with Crippen LogP contribution in [0.3, 0.4) is 0 Å². The third kappa shape index (κ3) is 6.26. The number of phenolic OH excluding ortho intramolecular Hbond substituents is 1. The van der Waals surface area contributed by atoms with E-state index in [9.17, 15) is 18.3 Å². The average molecular weight is 397 g/mol. The van der Waals surface area contributed by atoms with Crippen molar-refractivity contribution in [1.29, 1.82) is 0 Å². The second-order valence-corrected chi connectivity index (χ2v) is 5.69. The Hall–Kier alpha value is -3.10. The maximum absolute atomic E-state index is 13.4. The lowest BCUT2D eigenvalue weighted by molar-refractivity contribution is -0.0505. The number of aliphatic imine (C=N–C) groups is 1. The van der Waals surface area contributed by atoms with Crippen molar-refractivity contribution in [3.05, 3.63) is 53.3 Å². The van der Waals surface area contributed by atoms with E-state index in [0.29, 0.717) is 29.4 Å². The molecular formula is C19H22F3N3O3. The first-order chi connectivity index (χ1) is 13.4. The largest absolute Gasteiger partial charge is 0.505 e. The zero-order valence-corrected chi connectivity index (χ0v) is 15.5. The Bertz CT molecular complexity index is 816. The Morgan fingerprint density at radius 3 is 2.61 bits per heavy atom. The molecule has 0 radical (unpaired) electrons. The Balaban J connectivity index is 2.12. The lowest BCUT2D eigenvalue weighted by Gasteiger charge is -2.15. The van der Waals surface area contributed by atoms with Crippen LogP contribution in [-0.4, -0.2) is 31.3 Å². The molecule has 0 atom stereocenters. The predicted octanol–water partition coefficient (Wildman–Crippen LogP) is 3.40. The highest BCUT2D eigenvalue weighted by molar-refractivity contribution is 5.79. The lowest BCUT2D eigenvalue weighted by atomic mass is 10.2. The minimum absolute atomic E-state index is 0.0276. The first kappa shape index (κ1) is 21.2. The molecule has 9 heteroatoms. The minimum Gasteiger partial charge on any atom is -0.505 e. The number of halogens is 3. The molecule has 0 saturated heterocycles. The molecule has 0 saturated carbocycles. The molecule has 0 aromatic heterocycles. The molecule has 28 heavy (non-hydrogen) atoms. The van der Waals surface area contributed by atoms with Crippen molar-refractivity contribution >= 4 is 5.96 Å². The summed E-state index contributed by atoms with van der Waals surface area (Å²) in [6.07, 6.45) is 0. The van der Waals surface area contributed by atoms with Crippen LogP contribution in [0.1, 0.15) is 18.1 Å². The second-order valence-electron chi connectivity index (χ2n) is 5.69. The maximum Gasteiger partial charge on any atom is 0.387 e. The quantitative estimate of drug-likeness (QED) is 0.470. The van der Waals surface area contributed by atoms with Crippen molar-refractivity contribution in [2.45, 2.75) is 26.6 Å². The van der Waals surface area contributed by atoms with Crippen LogP contribution in [-0.2, 0) is 13.1 Å². The molecule has 0 aliphatic heterocycles. The van der Waals surface area contributed by atoms with Crippen LogP contribution in [0, 0.1) is 5.82 Å². The molecule has 0 unspecified atom stereocenters. The van der Waals surface area contributed by atoms with Crippen molar-refractivity contribution in [2.75, 3.05) is 13.7 Å².